The number of unbranched alkanes of at least 4 members (excludes halogenated alkanes) is 1. The number of methoxy groups -OCH3 is 1. The Bertz CT molecular complexity index is 895. The van der Waals surface area contributed by atoms with Gasteiger partial charge in [-0.1, -0.05) is 13.3 Å². The lowest BCUT2D eigenvalue weighted by atomic mass is 10.1. The van der Waals surface area contributed by atoms with Gasteiger partial charge in [0, 0.05) is 20.6 Å². The van der Waals surface area contributed by atoms with Gasteiger partial charge in [0.05, 0.1) is 24.0 Å². The first-order valence-electron chi connectivity index (χ1n) is 8.93. The van der Waals surface area contributed by atoms with E-state index in [-0.39, 0.29) is 22.1 Å². The van der Waals surface area contributed by atoms with Crippen molar-refractivity contribution in [2.24, 2.45) is 4.40 Å². The first-order valence-corrected chi connectivity index (χ1v) is 10.4. The van der Waals surface area contributed by atoms with Crippen molar-refractivity contribution in [3.05, 3.63) is 17.7 Å². The van der Waals surface area contributed by atoms with Crippen molar-refractivity contribution in [2.45, 2.75) is 37.6 Å². The van der Waals surface area contributed by atoms with Gasteiger partial charge in [-0.3, -0.25) is 4.79 Å². The van der Waals surface area contributed by atoms with Crippen LogP contribution in [0.4, 0.5) is 11.4 Å². The van der Waals surface area contributed by atoms with Gasteiger partial charge in [0.25, 0.3) is 10.0 Å². The Morgan fingerprint density at radius 2 is 2.07 bits per heavy atom. The molecule has 1 amide bonds. The maximum atomic E-state index is 12.9. The SMILES string of the molecule is CCCCN1C(=O)[C@H](C)Nc2c1cc(C(=O)OC)cc2S(=O)(=O)N=CN(C)C. The molecule has 9 nitrogen and oxygen atoms in total. The van der Waals surface area contributed by atoms with Crippen LogP contribution in [0.5, 0.6) is 0 Å². The molecule has 154 valence electrons. The summed E-state index contributed by atoms with van der Waals surface area (Å²) in [6.07, 6.45) is 2.76. The second-order valence-electron chi connectivity index (χ2n) is 6.73. The van der Waals surface area contributed by atoms with E-state index in [1.807, 2.05) is 6.92 Å². The molecule has 0 saturated carbocycles. The zero-order valence-corrected chi connectivity index (χ0v) is 17.5. The van der Waals surface area contributed by atoms with Crippen LogP contribution in [0, 0.1) is 0 Å². The van der Waals surface area contributed by atoms with Gasteiger partial charge >= 0.3 is 5.97 Å². The van der Waals surface area contributed by atoms with Gasteiger partial charge < -0.3 is 19.9 Å². The van der Waals surface area contributed by atoms with Gasteiger partial charge in [0.2, 0.25) is 5.91 Å². The molecule has 0 spiro atoms. The third-order valence-electron chi connectivity index (χ3n) is 4.22. The highest BCUT2D eigenvalue weighted by Gasteiger charge is 2.35. The summed E-state index contributed by atoms with van der Waals surface area (Å²) in [5, 5.41) is 2.95. The number of anilines is 2. The number of nitrogens with one attached hydrogen (secondary N) is 1. The fourth-order valence-corrected chi connectivity index (χ4v) is 3.91. The highest BCUT2D eigenvalue weighted by Crippen LogP contribution is 2.39. The predicted octanol–water partition coefficient (Wildman–Crippen LogP) is 1.70. The molecule has 1 aromatic rings. The number of sulfonamides is 1. The third-order valence-corrected chi connectivity index (χ3v) is 5.47. The lowest BCUT2D eigenvalue weighted by Crippen LogP contribution is -2.46. The Morgan fingerprint density at radius 1 is 1.39 bits per heavy atom. The van der Waals surface area contributed by atoms with E-state index in [9.17, 15) is 18.0 Å². The van der Waals surface area contributed by atoms with E-state index < -0.39 is 22.0 Å². The Balaban J connectivity index is 2.74. The summed E-state index contributed by atoms with van der Waals surface area (Å²) in [5.41, 5.74) is 0.621. The topological polar surface area (TPSA) is 108 Å². The number of hydrogen-bond acceptors (Lipinski definition) is 6. The average molecular weight is 410 g/mol. The molecular weight excluding hydrogens is 384 g/mol. The molecule has 0 saturated heterocycles. The second kappa shape index (κ2) is 8.59. The number of ether oxygens (including phenoxy) is 1. The Hall–Kier alpha value is -2.62. The molecule has 0 bridgehead atoms. The maximum absolute atomic E-state index is 12.9. The van der Waals surface area contributed by atoms with Crippen molar-refractivity contribution in [3.63, 3.8) is 0 Å². The quantitative estimate of drug-likeness (QED) is 0.414. The van der Waals surface area contributed by atoms with Crippen LogP contribution in [0.15, 0.2) is 21.4 Å². The van der Waals surface area contributed by atoms with E-state index in [1.54, 1.807) is 21.0 Å². The van der Waals surface area contributed by atoms with E-state index in [1.165, 1.54) is 35.4 Å². The summed E-state index contributed by atoms with van der Waals surface area (Å²) < 4.78 is 34.1. The van der Waals surface area contributed by atoms with Crippen molar-refractivity contribution in [1.29, 1.82) is 0 Å². The van der Waals surface area contributed by atoms with Crippen LogP contribution in [0.25, 0.3) is 0 Å². The minimum atomic E-state index is -4.13. The van der Waals surface area contributed by atoms with Gasteiger partial charge in [-0.05, 0) is 25.5 Å². The molecule has 2 rings (SSSR count). The molecule has 1 atom stereocenters. The molecule has 1 aliphatic rings. The maximum Gasteiger partial charge on any atom is 0.337 e. The van der Waals surface area contributed by atoms with Crippen molar-refractivity contribution in [2.75, 3.05) is 38.0 Å². The summed E-state index contributed by atoms with van der Waals surface area (Å²) in [5.74, 6) is -0.888. The number of carbonyl (C=O) groups is 2. The summed E-state index contributed by atoms with van der Waals surface area (Å²) >= 11 is 0. The number of amides is 1. The first kappa shape index (κ1) is 21.7. The largest absolute Gasteiger partial charge is 0.465 e. The molecule has 1 aliphatic heterocycles. The normalized spacial score (nSPS) is 16.7. The van der Waals surface area contributed by atoms with E-state index in [2.05, 4.69) is 9.71 Å². The second-order valence-corrected chi connectivity index (χ2v) is 8.33. The molecule has 10 heteroatoms. The Labute approximate surface area is 165 Å². The summed E-state index contributed by atoms with van der Waals surface area (Å²) in [4.78, 5) is 27.6. The van der Waals surface area contributed by atoms with E-state index in [0.717, 1.165) is 12.8 Å². The highest BCUT2D eigenvalue weighted by molar-refractivity contribution is 7.90. The van der Waals surface area contributed by atoms with Crippen LogP contribution in [-0.4, -0.2) is 65.3 Å². The van der Waals surface area contributed by atoms with Crippen LogP contribution >= 0.6 is 0 Å². The first-order chi connectivity index (χ1) is 13.1. The molecule has 0 fully saturated rings. The molecular formula is C18H26N4O5S. The molecule has 0 radical (unpaired) electrons. The summed E-state index contributed by atoms with van der Waals surface area (Å²) in [6, 6.07) is 2.09. The van der Waals surface area contributed by atoms with Crippen LogP contribution in [0.3, 0.4) is 0 Å². The van der Waals surface area contributed by atoms with Crippen LogP contribution in [-0.2, 0) is 19.6 Å². The summed E-state index contributed by atoms with van der Waals surface area (Å²) in [7, 11) is 0.370. The zero-order chi connectivity index (χ0) is 21.1. The third kappa shape index (κ3) is 4.44. The smallest absolute Gasteiger partial charge is 0.337 e. The Morgan fingerprint density at radius 3 is 2.64 bits per heavy atom. The molecule has 0 aromatic heterocycles. The number of carbonyl (C=O) groups excluding carboxylic acids is 2. The molecule has 1 heterocycles. The van der Waals surface area contributed by atoms with Crippen molar-refractivity contribution >= 4 is 39.6 Å². The van der Waals surface area contributed by atoms with E-state index in [0.29, 0.717) is 12.2 Å². The van der Waals surface area contributed by atoms with Gasteiger partial charge in [-0.2, -0.15) is 8.42 Å². The fraction of sp³-hybridized carbons (Fsp3) is 0.500. The Kier molecular flexibility index (Phi) is 6.65. The van der Waals surface area contributed by atoms with Crippen molar-refractivity contribution in [3.8, 4) is 0 Å². The molecule has 0 unspecified atom stereocenters. The van der Waals surface area contributed by atoms with Gasteiger partial charge in [-0.25, -0.2) is 4.79 Å². The standard InChI is InChI=1S/C18H26N4O5S/c1-6-7-8-22-14-9-13(18(24)27-5)10-15(16(14)20-12(2)17(22)23)28(25,26)19-11-21(3)4/h9-12,20H,6-8H2,1-5H3/t12-/m0/s1. The minimum absolute atomic E-state index is 0.0329. The minimum Gasteiger partial charge on any atom is -0.465 e. The number of esters is 1. The monoisotopic (exact) mass is 410 g/mol. The number of benzene rings is 1. The van der Waals surface area contributed by atoms with Crippen LogP contribution in [0.2, 0.25) is 0 Å². The molecule has 0 aliphatic carbocycles. The number of nitrogens with zero attached hydrogens (tertiary/aromatic N) is 3. The van der Waals surface area contributed by atoms with Gasteiger partial charge in [0.15, 0.2) is 0 Å². The number of fused-ring (bicyclic) bond motifs is 1. The lowest BCUT2D eigenvalue weighted by Gasteiger charge is -2.35. The van der Waals surface area contributed by atoms with Gasteiger partial charge in [0.1, 0.15) is 17.3 Å². The average Bonchev–Trinajstić information content (AvgIpc) is 2.65. The number of hydrogen-bond donors (Lipinski definition) is 1. The molecule has 1 aromatic carbocycles. The van der Waals surface area contributed by atoms with Crippen molar-refractivity contribution in [1.82, 2.24) is 4.90 Å². The van der Waals surface area contributed by atoms with E-state index >= 15 is 0 Å². The van der Waals surface area contributed by atoms with Crippen LogP contribution in [0.1, 0.15) is 37.0 Å². The highest BCUT2D eigenvalue weighted by atomic mass is 32.2. The molecule has 1 N–H and O–H groups in total. The van der Waals surface area contributed by atoms with E-state index in [4.69, 9.17) is 4.74 Å². The number of rotatable bonds is 7. The molecule has 28 heavy (non-hydrogen) atoms. The summed E-state index contributed by atoms with van der Waals surface area (Å²) in [6.45, 7) is 4.07. The lowest BCUT2D eigenvalue weighted by molar-refractivity contribution is -0.119. The zero-order valence-electron chi connectivity index (χ0n) is 16.7. The predicted molar refractivity (Wildman–Crippen MR) is 107 cm³/mol. The van der Waals surface area contributed by atoms with Crippen molar-refractivity contribution < 1.29 is 22.7 Å². The van der Waals surface area contributed by atoms with Gasteiger partial charge in [-0.15, -0.1) is 4.40 Å². The van der Waals surface area contributed by atoms with Crippen LogP contribution < -0.4 is 10.2 Å². The fourth-order valence-electron chi connectivity index (χ4n) is 2.79.